The van der Waals surface area contributed by atoms with Gasteiger partial charge in [-0.2, -0.15) is 0 Å². The molecule has 16 atom stereocenters. The van der Waals surface area contributed by atoms with E-state index in [1.807, 2.05) is 6.92 Å². The zero-order valence-corrected chi connectivity index (χ0v) is 28.9. The Morgan fingerprint density at radius 3 is 2.20 bits per heavy atom. The predicted octanol–water partition coefficient (Wildman–Crippen LogP) is 0.0533. The van der Waals surface area contributed by atoms with Crippen LogP contribution in [0.15, 0.2) is 12.2 Å². The summed E-state index contributed by atoms with van der Waals surface area (Å²) in [6.45, 7) is 9.07. The molecule has 5 saturated carbocycles. The highest BCUT2D eigenvalue weighted by Crippen LogP contribution is 2.71. The molecule has 15 nitrogen and oxygen atoms in total. The first-order chi connectivity index (χ1) is 23.5. The first-order valence-corrected chi connectivity index (χ1v) is 17.5. The molecule has 5 aliphatic carbocycles. The van der Waals surface area contributed by atoms with Gasteiger partial charge in [0.2, 0.25) is 12.4 Å². The van der Waals surface area contributed by atoms with E-state index in [0.717, 1.165) is 25.8 Å². The summed E-state index contributed by atoms with van der Waals surface area (Å²) < 4.78 is 34.4. The number of hydrogen-bond donors (Lipinski definition) is 5. The van der Waals surface area contributed by atoms with Gasteiger partial charge in [0, 0.05) is 20.3 Å². The van der Waals surface area contributed by atoms with Crippen LogP contribution in [0.5, 0.6) is 0 Å². The Morgan fingerprint density at radius 2 is 1.56 bits per heavy atom. The van der Waals surface area contributed by atoms with Crippen molar-refractivity contribution in [1.29, 1.82) is 0 Å². The fraction of sp³-hybridized carbons (Fsp3) is 0.829. The average molecular weight is 711 g/mol. The van der Waals surface area contributed by atoms with E-state index in [0.29, 0.717) is 38.5 Å². The molecule has 50 heavy (non-hydrogen) atoms. The van der Waals surface area contributed by atoms with Crippen LogP contribution in [0.2, 0.25) is 0 Å². The normalized spacial score (nSPS) is 48.6. The fourth-order valence-electron chi connectivity index (χ4n) is 10.8. The molecule has 7 aliphatic rings. The Morgan fingerprint density at radius 1 is 0.880 bits per heavy atom. The molecule has 3 unspecified atom stereocenters. The monoisotopic (exact) mass is 710 g/mol. The van der Waals surface area contributed by atoms with Crippen molar-refractivity contribution >= 4 is 23.7 Å². The van der Waals surface area contributed by atoms with Gasteiger partial charge in [-0.05, 0) is 61.7 Å². The molecule has 5 N–H and O–H groups in total. The zero-order chi connectivity index (χ0) is 36.5. The third-order valence-electron chi connectivity index (χ3n) is 12.7. The number of aliphatic hydroxyl groups is 5. The number of hydrogen-bond acceptors (Lipinski definition) is 15. The number of esters is 3. The second kappa shape index (κ2) is 13.5. The molecule has 0 aromatic heterocycles. The summed E-state index contributed by atoms with van der Waals surface area (Å²) in [5.41, 5.74) is -1.26. The number of carbonyl (C=O) groups excluding carboxylic acids is 4. The van der Waals surface area contributed by atoms with E-state index < -0.39 is 115 Å². The molecule has 0 aromatic carbocycles. The molecule has 2 aliphatic heterocycles. The Balaban J connectivity index is 1.28. The lowest BCUT2D eigenvalue weighted by atomic mass is 9.36. The molecule has 7 rings (SSSR count). The fourth-order valence-corrected chi connectivity index (χ4v) is 10.8. The van der Waals surface area contributed by atoms with Crippen LogP contribution >= 0.6 is 0 Å². The molecule has 0 radical (unpaired) electrons. The van der Waals surface area contributed by atoms with Gasteiger partial charge in [-0.15, -0.1) is 0 Å². The van der Waals surface area contributed by atoms with Crippen LogP contribution in [0.1, 0.15) is 72.6 Å². The number of aliphatic hydroxyl groups excluding tert-OH is 5. The van der Waals surface area contributed by atoms with E-state index in [2.05, 4.69) is 13.5 Å². The number of ketones is 1. The summed E-state index contributed by atoms with van der Waals surface area (Å²) >= 11 is 0. The van der Waals surface area contributed by atoms with Crippen molar-refractivity contribution in [3.8, 4) is 0 Å². The van der Waals surface area contributed by atoms with E-state index >= 15 is 0 Å². The van der Waals surface area contributed by atoms with Crippen LogP contribution in [-0.4, -0.2) is 124 Å². The van der Waals surface area contributed by atoms with Crippen molar-refractivity contribution in [1.82, 2.24) is 0 Å². The molecular weight excluding hydrogens is 660 g/mol. The van der Waals surface area contributed by atoms with Crippen LogP contribution in [0, 0.1) is 34.0 Å². The van der Waals surface area contributed by atoms with Crippen LogP contribution in [-0.2, 0) is 47.6 Å². The number of Topliss-reactive ketones (excluding diaryl/α,β-unsaturated/α-hetero) is 1. The molecular formula is C35H50O15. The van der Waals surface area contributed by atoms with Gasteiger partial charge in [0.15, 0.2) is 12.4 Å². The molecule has 0 aromatic rings. The number of carbonyl (C=O) groups is 4. The molecule has 280 valence electrons. The number of rotatable bonds is 7. The summed E-state index contributed by atoms with van der Waals surface area (Å²) in [7, 11) is 0. The largest absolute Gasteiger partial charge is 0.455 e. The molecule has 2 bridgehead atoms. The van der Waals surface area contributed by atoms with Crippen LogP contribution < -0.4 is 0 Å². The van der Waals surface area contributed by atoms with Crippen molar-refractivity contribution < 1.29 is 73.1 Å². The van der Waals surface area contributed by atoms with Gasteiger partial charge in [-0.25, -0.2) is 0 Å². The lowest BCUT2D eigenvalue weighted by Gasteiger charge is -2.68. The van der Waals surface area contributed by atoms with Gasteiger partial charge < -0.3 is 54.0 Å². The van der Waals surface area contributed by atoms with E-state index in [1.54, 1.807) is 0 Å². The van der Waals surface area contributed by atoms with Gasteiger partial charge in [0.25, 0.3) is 0 Å². The zero-order valence-electron chi connectivity index (χ0n) is 28.9. The summed E-state index contributed by atoms with van der Waals surface area (Å²) in [6, 6.07) is 0. The topological polar surface area (TPSA) is 225 Å². The Hall–Kier alpha value is -2.50. The Kier molecular flexibility index (Phi) is 10.0. The maximum atomic E-state index is 14.5. The summed E-state index contributed by atoms with van der Waals surface area (Å²) in [5, 5.41) is 52.7. The second-order valence-electron chi connectivity index (χ2n) is 15.8. The summed E-state index contributed by atoms with van der Waals surface area (Å²) in [5.74, 6) is -3.40. The second-order valence-corrected chi connectivity index (χ2v) is 15.8. The van der Waals surface area contributed by atoms with Gasteiger partial charge in [-0.3, -0.25) is 19.2 Å². The maximum absolute atomic E-state index is 14.5. The minimum atomic E-state index is -1.75. The molecule has 2 heterocycles. The molecule has 1 spiro atoms. The van der Waals surface area contributed by atoms with E-state index in [1.165, 1.54) is 0 Å². The minimum Gasteiger partial charge on any atom is -0.455 e. The van der Waals surface area contributed by atoms with E-state index in [-0.39, 0.29) is 17.6 Å². The van der Waals surface area contributed by atoms with Crippen molar-refractivity contribution in [3.63, 3.8) is 0 Å². The lowest BCUT2D eigenvalue weighted by molar-refractivity contribution is -0.346. The van der Waals surface area contributed by atoms with Crippen LogP contribution in [0.25, 0.3) is 0 Å². The standard InChI is InChI=1S/C35H50O15/c1-15-11-35-10-7-21-33(4,29(35)24(42)22(15)18(39)12-35)8-6-9-34(21,5)32(44)50-31-28(47-17(3)38)27(46-16(2)37)26(20(13-36)48-31)49-30-25(43)23(41)19(40)14-45-30/h19-31,36,40-43H,1,6-14H2,2-5H3/t19-,20?,21-,22-,23-,24-,25?,26-,27-,28?,29-,30-,31-,33+,34+,35+/m0/s1. The molecule has 15 heteroatoms. The Bertz CT molecular complexity index is 1370. The quantitative estimate of drug-likeness (QED) is 0.134. The highest BCUT2D eigenvalue weighted by Gasteiger charge is 2.70. The first-order valence-electron chi connectivity index (χ1n) is 17.5. The third-order valence-corrected chi connectivity index (χ3v) is 12.7. The molecule has 2 saturated heterocycles. The molecule has 7 fully saturated rings. The first kappa shape index (κ1) is 37.3. The molecule has 0 amide bonds. The van der Waals surface area contributed by atoms with E-state index in [4.69, 9.17) is 28.4 Å². The van der Waals surface area contributed by atoms with Crippen molar-refractivity contribution in [3.05, 3.63) is 12.2 Å². The van der Waals surface area contributed by atoms with Gasteiger partial charge in [0.05, 0.1) is 30.7 Å². The van der Waals surface area contributed by atoms with E-state index in [9.17, 15) is 44.7 Å². The predicted molar refractivity (Wildman–Crippen MR) is 167 cm³/mol. The SMILES string of the molecule is C=C1C[C@@]23CC[C@H]4[C@@](C)(CCC[C@@]4(C)C(=O)O[C@@H]4OC(CO)[C@H](O[C@@H]5OC[C@H](O)[C@H](O)C5O)[C@H](OC(C)=O)C4OC(C)=O)[C@@H]2[C@@H](O)[C@@H]1C(=O)C3. The van der Waals surface area contributed by atoms with Gasteiger partial charge in [-0.1, -0.05) is 25.5 Å². The van der Waals surface area contributed by atoms with Gasteiger partial charge >= 0.3 is 17.9 Å². The summed E-state index contributed by atoms with van der Waals surface area (Å²) in [6.07, 6.45) is -10.8. The van der Waals surface area contributed by atoms with Crippen LogP contribution in [0.4, 0.5) is 0 Å². The lowest BCUT2D eigenvalue weighted by Crippen LogP contribution is -2.68. The highest BCUT2D eigenvalue weighted by molar-refractivity contribution is 5.88. The highest BCUT2D eigenvalue weighted by atomic mass is 16.8. The smallest absolute Gasteiger partial charge is 0.314 e. The van der Waals surface area contributed by atoms with Crippen LogP contribution in [0.3, 0.4) is 0 Å². The number of fused-ring (bicyclic) bond motifs is 3. The Labute approximate surface area is 290 Å². The summed E-state index contributed by atoms with van der Waals surface area (Å²) in [4.78, 5) is 52.3. The van der Waals surface area contributed by atoms with Gasteiger partial charge in [0.1, 0.15) is 36.3 Å². The van der Waals surface area contributed by atoms with Crippen molar-refractivity contribution in [2.45, 2.75) is 134 Å². The number of ether oxygens (including phenoxy) is 6. The maximum Gasteiger partial charge on any atom is 0.314 e. The van der Waals surface area contributed by atoms with Crippen molar-refractivity contribution in [2.75, 3.05) is 13.2 Å². The van der Waals surface area contributed by atoms with Crippen molar-refractivity contribution in [2.24, 2.45) is 34.0 Å². The minimum absolute atomic E-state index is 0.0253. The average Bonchev–Trinajstić information content (AvgIpc) is 3.02. The third kappa shape index (κ3) is 6.00.